The van der Waals surface area contributed by atoms with Crippen LogP contribution in [0, 0.1) is 0 Å². The average Bonchev–Trinajstić information content (AvgIpc) is 2.19. The van der Waals surface area contributed by atoms with E-state index >= 15 is 0 Å². The topological polar surface area (TPSA) is 38.1 Å². The highest BCUT2D eigenvalue weighted by Crippen LogP contribution is 2.24. The van der Waals surface area contributed by atoms with Crippen LogP contribution in [0.15, 0.2) is 20.2 Å². The van der Waals surface area contributed by atoms with Gasteiger partial charge in [0.05, 0.1) is 10.7 Å². The zero-order valence-corrected chi connectivity index (χ0v) is 12.9. The molecule has 0 aliphatic heterocycles. The van der Waals surface area contributed by atoms with Crippen LogP contribution in [0.3, 0.4) is 0 Å². The molecule has 0 aromatic carbocycles. The third kappa shape index (κ3) is 4.84. The van der Waals surface area contributed by atoms with Crippen LogP contribution in [-0.2, 0) is 0 Å². The van der Waals surface area contributed by atoms with Crippen molar-refractivity contribution in [2.24, 2.45) is 4.40 Å². The Morgan fingerprint density at radius 1 is 1.44 bits per heavy atom. The van der Waals surface area contributed by atoms with Crippen LogP contribution in [-0.4, -0.2) is 27.2 Å². The molecule has 0 saturated carbocycles. The molecule has 1 aromatic rings. The molecule has 0 aliphatic carbocycles. The Hall–Kier alpha value is -0.0700. The standard InChI is InChI=1S/C10H14BrN3S2/c1-10(2,3)16-13-6-8-7(11)5-12-9(14-8)15-4/h5-6H,1-4H3/b13-6-. The van der Waals surface area contributed by atoms with E-state index in [0.717, 1.165) is 15.3 Å². The number of hydrogen-bond donors (Lipinski definition) is 0. The third-order valence-corrected chi connectivity index (χ3v) is 3.36. The summed E-state index contributed by atoms with van der Waals surface area (Å²) >= 11 is 6.46. The van der Waals surface area contributed by atoms with Gasteiger partial charge >= 0.3 is 0 Å². The smallest absolute Gasteiger partial charge is 0.187 e. The molecule has 1 heterocycles. The molecular formula is C10H14BrN3S2. The molecule has 0 amide bonds. The molecule has 0 spiro atoms. The van der Waals surface area contributed by atoms with Crippen molar-refractivity contribution in [1.82, 2.24) is 9.97 Å². The Labute approximate surface area is 113 Å². The SMILES string of the molecule is CSc1ncc(Br)c(/C=N\SC(C)(C)C)n1. The van der Waals surface area contributed by atoms with Gasteiger partial charge in [0.1, 0.15) is 5.69 Å². The molecule has 0 saturated heterocycles. The first-order chi connectivity index (χ1) is 7.42. The molecule has 0 unspecified atom stereocenters. The first-order valence-electron chi connectivity index (χ1n) is 4.70. The maximum absolute atomic E-state index is 4.35. The summed E-state index contributed by atoms with van der Waals surface area (Å²) in [5, 5.41) is 0.755. The maximum Gasteiger partial charge on any atom is 0.187 e. The number of hydrogen-bond acceptors (Lipinski definition) is 5. The second kappa shape index (κ2) is 6.02. The van der Waals surface area contributed by atoms with Gasteiger partial charge in [-0.25, -0.2) is 14.4 Å². The van der Waals surface area contributed by atoms with E-state index in [0.29, 0.717) is 0 Å². The lowest BCUT2D eigenvalue weighted by Gasteiger charge is -2.12. The van der Waals surface area contributed by atoms with Gasteiger partial charge in [-0.2, -0.15) is 0 Å². The van der Waals surface area contributed by atoms with Crippen LogP contribution in [0.4, 0.5) is 0 Å². The van der Waals surface area contributed by atoms with Crippen LogP contribution < -0.4 is 0 Å². The van der Waals surface area contributed by atoms with Gasteiger partial charge in [0.15, 0.2) is 5.16 Å². The lowest BCUT2D eigenvalue weighted by Crippen LogP contribution is -2.05. The van der Waals surface area contributed by atoms with Gasteiger partial charge in [0.2, 0.25) is 0 Å². The van der Waals surface area contributed by atoms with E-state index in [2.05, 4.69) is 51.1 Å². The number of nitrogens with zero attached hydrogens (tertiary/aromatic N) is 3. The predicted octanol–water partition coefficient (Wildman–Crippen LogP) is 3.83. The summed E-state index contributed by atoms with van der Waals surface area (Å²) < 4.78 is 5.30. The molecule has 0 aliphatic rings. The fourth-order valence-corrected chi connectivity index (χ4v) is 1.90. The van der Waals surface area contributed by atoms with E-state index < -0.39 is 0 Å². The molecule has 0 atom stereocenters. The minimum atomic E-state index is 0.123. The molecule has 6 heteroatoms. The summed E-state index contributed by atoms with van der Waals surface area (Å²) in [4.78, 5) is 8.50. The predicted molar refractivity (Wildman–Crippen MR) is 76.5 cm³/mol. The summed E-state index contributed by atoms with van der Waals surface area (Å²) in [6.45, 7) is 6.37. The molecule has 3 nitrogen and oxygen atoms in total. The molecule has 1 aromatic heterocycles. The minimum Gasteiger partial charge on any atom is -0.230 e. The molecular weight excluding hydrogens is 306 g/mol. The van der Waals surface area contributed by atoms with Gasteiger partial charge < -0.3 is 0 Å². The van der Waals surface area contributed by atoms with E-state index in [1.165, 1.54) is 23.7 Å². The van der Waals surface area contributed by atoms with Crippen molar-refractivity contribution in [1.29, 1.82) is 0 Å². The number of rotatable bonds is 3. The van der Waals surface area contributed by atoms with Crippen LogP contribution in [0.25, 0.3) is 0 Å². The Morgan fingerprint density at radius 3 is 2.69 bits per heavy atom. The normalized spacial score (nSPS) is 12.3. The van der Waals surface area contributed by atoms with Gasteiger partial charge in [-0.3, -0.25) is 0 Å². The molecule has 0 fully saturated rings. The Bertz CT molecular complexity index is 388. The van der Waals surface area contributed by atoms with E-state index in [1.807, 2.05) is 6.26 Å². The Balaban J connectivity index is 2.80. The first-order valence-corrected chi connectivity index (χ1v) is 7.49. The van der Waals surface area contributed by atoms with Crippen molar-refractivity contribution in [2.75, 3.05) is 6.26 Å². The minimum absolute atomic E-state index is 0.123. The zero-order valence-electron chi connectivity index (χ0n) is 9.69. The van der Waals surface area contributed by atoms with Crippen molar-refractivity contribution < 1.29 is 0 Å². The molecule has 1 rings (SSSR count). The number of halogens is 1. The Kier molecular flexibility index (Phi) is 5.27. The highest BCUT2D eigenvalue weighted by molar-refractivity contribution is 9.10. The summed E-state index contributed by atoms with van der Waals surface area (Å²) in [5.41, 5.74) is 0.816. The summed E-state index contributed by atoms with van der Waals surface area (Å²) in [5.74, 6) is 0. The van der Waals surface area contributed by atoms with Gasteiger partial charge in [-0.15, -0.1) is 0 Å². The quantitative estimate of drug-likeness (QED) is 0.367. The van der Waals surface area contributed by atoms with Gasteiger partial charge in [-0.05, 0) is 54.9 Å². The largest absolute Gasteiger partial charge is 0.230 e. The monoisotopic (exact) mass is 319 g/mol. The second-order valence-electron chi connectivity index (χ2n) is 4.03. The molecule has 16 heavy (non-hydrogen) atoms. The lowest BCUT2D eigenvalue weighted by molar-refractivity contribution is 0.804. The van der Waals surface area contributed by atoms with E-state index in [1.54, 1.807) is 12.4 Å². The number of aromatic nitrogens is 2. The van der Waals surface area contributed by atoms with Crippen molar-refractivity contribution in [3.8, 4) is 0 Å². The maximum atomic E-state index is 4.35. The van der Waals surface area contributed by atoms with Crippen LogP contribution in [0.2, 0.25) is 0 Å². The third-order valence-electron chi connectivity index (χ3n) is 1.43. The second-order valence-corrected chi connectivity index (χ2v) is 7.27. The summed E-state index contributed by atoms with van der Waals surface area (Å²) in [6.07, 6.45) is 5.47. The van der Waals surface area contributed by atoms with E-state index in [4.69, 9.17) is 0 Å². The zero-order chi connectivity index (χ0) is 12.2. The first kappa shape index (κ1) is 14.0. The van der Waals surface area contributed by atoms with Gasteiger partial charge in [0.25, 0.3) is 0 Å². The van der Waals surface area contributed by atoms with Gasteiger partial charge in [0, 0.05) is 10.9 Å². The van der Waals surface area contributed by atoms with E-state index in [-0.39, 0.29) is 4.75 Å². The van der Waals surface area contributed by atoms with Crippen molar-refractivity contribution >= 4 is 45.9 Å². The number of thioether (sulfide) groups is 1. The van der Waals surface area contributed by atoms with Crippen LogP contribution >= 0.6 is 39.6 Å². The Morgan fingerprint density at radius 2 is 2.12 bits per heavy atom. The van der Waals surface area contributed by atoms with Crippen LogP contribution in [0.5, 0.6) is 0 Å². The highest BCUT2D eigenvalue weighted by Gasteiger charge is 2.09. The summed E-state index contributed by atoms with van der Waals surface area (Å²) in [7, 11) is 0. The fourth-order valence-electron chi connectivity index (χ4n) is 0.787. The molecule has 88 valence electrons. The van der Waals surface area contributed by atoms with Crippen molar-refractivity contribution in [3.05, 3.63) is 16.4 Å². The summed E-state index contributed by atoms with van der Waals surface area (Å²) in [6, 6.07) is 0. The fraction of sp³-hybridized carbons (Fsp3) is 0.500. The van der Waals surface area contributed by atoms with Gasteiger partial charge in [-0.1, -0.05) is 11.8 Å². The highest BCUT2D eigenvalue weighted by atomic mass is 79.9. The lowest BCUT2D eigenvalue weighted by atomic mass is 10.3. The molecule has 0 N–H and O–H groups in total. The van der Waals surface area contributed by atoms with Crippen molar-refractivity contribution in [2.45, 2.75) is 30.7 Å². The van der Waals surface area contributed by atoms with Crippen molar-refractivity contribution in [3.63, 3.8) is 0 Å². The molecule has 0 radical (unpaired) electrons. The molecule has 0 bridgehead atoms. The average molecular weight is 320 g/mol. The van der Waals surface area contributed by atoms with Crippen LogP contribution in [0.1, 0.15) is 26.5 Å². The van der Waals surface area contributed by atoms with E-state index in [9.17, 15) is 0 Å².